The molecule has 0 aromatic rings. The molecule has 2 nitrogen and oxygen atoms in total. The summed E-state index contributed by atoms with van der Waals surface area (Å²) in [7, 11) is -1.84. The Morgan fingerprint density at radius 2 is 1.80 bits per heavy atom. The van der Waals surface area contributed by atoms with Crippen molar-refractivity contribution in [1.82, 2.24) is 0 Å². The highest BCUT2D eigenvalue weighted by Crippen LogP contribution is 2.37. The number of hydrogen-bond donors (Lipinski definition) is 0. The fourth-order valence-electron chi connectivity index (χ4n) is 2.21. The molecule has 0 aromatic heterocycles. The molecule has 1 aliphatic rings. The van der Waals surface area contributed by atoms with E-state index in [0.29, 0.717) is 11.1 Å². The molecule has 0 unspecified atom stereocenters. The van der Waals surface area contributed by atoms with Crippen LogP contribution in [0.3, 0.4) is 0 Å². The minimum absolute atomic E-state index is 0.197. The summed E-state index contributed by atoms with van der Waals surface area (Å²) in [5, 5.41) is 0. The van der Waals surface area contributed by atoms with Crippen molar-refractivity contribution in [2.24, 2.45) is 0 Å². The second kappa shape index (κ2) is 4.97. The molecule has 0 amide bonds. The quantitative estimate of drug-likeness (QED) is 0.542. The van der Waals surface area contributed by atoms with Gasteiger partial charge < -0.3 is 4.43 Å². The zero-order chi connectivity index (χ0) is 11.5. The second-order valence-electron chi connectivity index (χ2n) is 5.11. The van der Waals surface area contributed by atoms with E-state index in [1.165, 1.54) is 32.1 Å². The van der Waals surface area contributed by atoms with Crippen LogP contribution in [-0.2, 0) is 9.22 Å². The van der Waals surface area contributed by atoms with Gasteiger partial charge in [-0.05, 0) is 38.4 Å². The van der Waals surface area contributed by atoms with E-state index in [-0.39, 0.29) is 5.97 Å². The Bertz CT molecular complexity index is 252. The Balaban J connectivity index is 2.56. The molecule has 1 saturated carbocycles. The highest BCUT2D eigenvalue weighted by atomic mass is 28.4. The smallest absolute Gasteiger partial charge is 0.319 e. The lowest BCUT2D eigenvalue weighted by molar-refractivity contribution is -0.131. The van der Waals surface area contributed by atoms with Crippen molar-refractivity contribution in [3.63, 3.8) is 0 Å². The summed E-state index contributed by atoms with van der Waals surface area (Å²) in [6.07, 6.45) is 6.41. The van der Waals surface area contributed by atoms with Gasteiger partial charge in [0.15, 0.2) is 0 Å². The SMILES string of the molecule is C=C(C)C(=O)O[Si](C)(C)C1CCCCC1. The number of rotatable bonds is 3. The molecule has 0 saturated heterocycles. The van der Waals surface area contributed by atoms with Crippen molar-refractivity contribution in [3.8, 4) is 0 Å². The van der Waals surface area contributed by atoms with Gasteiger partial charge in [0.05, 0.1) is 0 Å². The monoisotopic (exact) mass is 226 g/mol. The molecule has 0 bridgehead atoms. The van der Waals surface area contributed by atoms with Crippen LogP contribution in [-0.4, -0.2) is 14.3 Å². The van der Waals surface area contributed by atoms with Crippen molar-refractivity contribution < 1.29 is 9.22 Å². The van der Waals surface area contributed by atoms with Crippen LogP contribution in [0.5, 0.6) is 0 Å². The fraction of sp³-hybridized carbons (Fsp3) is 0.750. The van der Waals surface area contributed by atoms with Gasteiger partial charge in [0.2, 0.25) is 0 Å². The molecule has 1 fully saturated rings. The van der Waals surface area contributed by atoms with E-state index in [1.807, 2.05) is 0 Å². The summed E-state index contributed by atoms with van der Waals surface area (Å²) in [4.78, 5) is 11.5. The topological polar surface area (TPSA) is 26.3 Å². The number of hydrogen-bond acceptors (Lipinski definition) is 2. The van der Waals surface area contributed by atoms with Crippen LogP contribution in [0.25, 0.3) is 0 Å². The Hall–Kier alpha value is -0.573. The maximum atomic E-state index is 11.5. The van der Waals surface area contributed by atoms with Crippen molar-refractivity contribution in [2.75, 3.05) is 0 Å². The van der Waals surface area contributed by atoms with E-state index < -0.39 is 8.32 Å². The van der Waals surface area contributed by atoms with Crippen molar-refractivity contribution >= 4 is 14.3 Å². The Kier molecular flexibility index (Phi) is 4.14. The van der Waals surface area contributed by atoms with Crippen LogP contribution in [0.2, 0.25) is 18.6 Å². The summed E-state index contributed by atoms with van der Waals surface area (Å²) >= 11 is 0. The van der Waals surface area contributed by atoms with E-state index in [4.69, 9.17) is 4.43 Å². The summed E-state index contributed by atoms with van der Waals surface area (Å²) < 4.78 is 5.64. The van der Waals surface area contributed by atoms with E-state index in [2.05, 4.69) is 19.7 Å². The highest BCUT2D eigenvalue weighted by molar-refractivity contribution is 6.74. The van der Waals surface area contributed by atoms with Crippen LogP contribution >= 0.6 is 0 Å². The molecule has 0 heterocycles. The molecule has 86 valence electrons. The molecular formula is C12H22O2Si. The Morgan fingerprint density at radius 1 is 1.27 bits per heavy atom. The number of carbonyl (C=O) groups is 1. The van der Waals surface area contributed by atoms with E-state index in [1.54, 1.807) is 6.92 Å². The minimum Gasteiger partial charge on any atom is -0.516 e. The lowest BCUT2D eigenvalue weighted by Crippen LogP contribution is -2.39. The predicted molar refractivity (Wildman–Crippen MR) is 65.2 cm³/mol. The third-order valence-electron chi connectivity index (χ3n) is 3.29. The largest absolute Gasteiger partial charge is 0.516 e. The normalized spacial score (nSPS) is 18.6. The Morgan fingerprint density at radius 3 is 2.27 bits per heavy atom. The molecule has 0 aliphatic heterocycles. The summed E-state index contributed by atoms with van der Waals surface area (Å²) in [6.45, 7) is 9.66. The molecule has 15 heavy (non-hydrogen) atoms. The van der Waals surface area contributed by atoms with Crippen LogP contribution in [0.4, 0.5) is 0 Å². The molecule has 0 N–H and O–H groups in total. The third kappa shape index (κ3) is 3.49. The predicted octanol–water partition coefficient (Wildman–Crippen LogP) is 3.65. The lowest BCUT2D eigenvalue weighted by atomic mass is 10.0. The Labute approximate surface area is 93.8 Å². The van der Waals surface area contributed by atoms with E-state index >= 15 is 0 Å². The van der Waals surface area contributed by atoms with Crippen LogP contribution in [0.1, 0.15) is 39.0 Å². The summed E-state index contributed by atoms with van der Waals surface area (Å²) in [5.74, 6) is -0.197. The first-order valence-corrected chi connectivity index (χ1v) is 8.81. The van der Waals surface area contributed by atoms with Crippen LogP contribution < -0.4 is 0 Å². The van der Waals surface area contributed by atoms with Crippen LogP contribution in [0.15, 0.2) is 12.2 Å². The first-order chi connectivity index (χ1) is 6.93. The van der Waals surface area contributed by atoms with Gasteiger partial charge in [0, 0.05) is 5.57 Å². The number of carbonyl (C=O) groups excluding carboxylic acids is 1. The molecule has 0 radical (unpaired) electrons. The van der Waals surface area contributed by atoms with Crippen LogP contribution in [0, 0.1) is 0 Å². The summed E-state index contributed by atoms with van der Waals surface area (Å²) in [6, 6.07) is 0. The maximum Gasteiger partial charge on any atom is 0.319 e. The average molecular weight is 226 g/mol. The van der Waals surface area contributed by atoms with Gasteiger partial charge in [0.25, 0.3) is 8.32 Å². The van der Waals surface area contributed by atoms with Crippen molar-refractivity contribution in [3.05, 3.63) is 12.2 Å². The molecule has 0 atom stereocenters. The minimum atomic E-state index is -1.84. The van der Waals surface area contributed by atoms with Gasteiger partial charge in [-0.2, -0.15) is 0 Å². The zero-order valence-corrected chi connectivity index (χ0v) is 11.1. The molecule has 0 aromatic carbocycles. The van der Waals surface area contributed by atoms with Crippen molar-refractivity contribution in [1.29, 1.82) is 0 Å². The third-order valence-corrected chi connectivity index (χ3v) is 6.55. The van der Waals surface area contributed by atoms with Gasteiger partial charge in [-0.1, -0.05) is 25.8 Å². The standard InChI is InChI=1S/C12H22O2Si/c1-10(2)12(13)14-15(3,4)11-8-6-5-7-9-11/h11H,1,5-9H2,2-4H3. The second-order valence-corrected chi connectivity index (χ2v) is 9.34. The fourth-order valence-corrected chi connectivity index (χ4v) is 4.82. The maximum absolute atomic E-state index is 11.5. The first-order valence-electron chi connectivity index (χ1n) is 5.82. The molecular weight excluding hydrogens is 204 g/mol. The van der Waals surface area contributed by atoms with Gasteiger partial charge in [0.1, 0.15) is 0 Å². The highest BCUT2D eigenvalue weighted by Gasteiger charge is 2.37. The first kappa shape index (κ1) is 12.5. The van der Waals surface area contributed by atoms with Gasteiger partial charge in [-0.15, -0.1) is 0 Å². The van der Waals surface area contributed by atoms with Crippen molar-refractivity contribution in [2.45, 2.75) is 57.7 Å². The molecule has 3 heteroatoms. The van der Waals surface area contributed by atoms with E-state index in [9.17, 15) is 4.79 Å². The zero-order valence-electron chi connectivity index (χ0n) is 10.1. The molecule has 0 spiro atoms. The lowest BCUT2D eigenvalue weighted by Gasteiger charge is -2.34. The molecule has 1 rings (SSSR count). The van der Waals surface area contributed by atoms with Gasteiger partial charge in [-0.3, -0.25) is 0 Å². The van der Waals surface area contributed by atoms with Gasteiger partial charge in [-0.25, -0.2) is 4.79 Å². The van der Waals surface area contributed by atoms with E-state index in [0.717, 1.165) is 0 Å². The summed E-state index contributed by atoms with van der Waals surface area (Å²) in [5.41, 5.74) is 1.17. The molecule has 1 aliphatic carbocycles. The average Bonchev–Trinajstić information content (AvgIpc) is 2.18. The van der Waals surface area contributed by atoms with Gasteiger partial charge >= 0.3 is 5.97 Å².